The minimum atomic E-state index is -3.45. The van der Waals surface area contributed by atoms with Gasteiger partial charge in [-0.15, -0.1) is 0 Å². The van der Waals surface area contributed by atoms with Gasteiger partial charge in [0.1, 0.15) is 11.9 Å². The van der Waals surface area contributed by atoms with Crippen LogP contribution < -0.4 is 4.31 Å². The first-order valence-corrected chi connectivity index (χ1v) is 6.68. The Labute approximate surface area is 99.3 Å². The van der Waals surface area contributed by atoms with E-state index in [0.717, 1.165) is 16.4 Å². The predicted octanol–water partition coefficient (Wildman–Crippen LogP) is 1.63. The predicted molar refractivity (Wildman–Crippen MR) is 61.5 cm³/mol. The van der Waals surface area contributed by atoms with Gasteiger partial charge < -0.3 is 0 Å². The largest absolute Gasteiger partial charge is 0.269 e. The third-order valence-corrected chi connectivity index (χ3v) is 5.15. The summed E-state index contributed by atoms with van der Waals surface area (Å²) >= 11 is 0. The van der Waals surface area contributed by atoms with Crippen LogP contribution >= 0.6 is 0 Å². The normalized spacial score (nSPS) is 22.4. The van der Waals surface area contributed by atoms with Crippen LogP contribution in [0.4, 0.5) is 10.1 Å². The number of hydrogen-bond donors (Lipinski definition) is 0. The molecule has 0 bridgehead atoms. The van der Waals surface area contributed by atoms with Gasteiger partial charge in [0.25, 0.3) is 0 Å². The van der Waals surface area contributed by atoms with Crippen molar-refractivity contribution >= 4 is 15.7 Å². The highest BCUT2D eigenvalue weighted by Crippen LogP contribution is 2.31. The number of rotatable bonds is 1. The average Bonchev–Trinajstić information content (AvgIpc) is 2.54. The number of halogens is 1. The molecule has 0 aromatic heterocycles. The van der Waals surface area contributed by atoms with Crippen LogP contribution in [0.5, 0.6) is 0 Å². The lowest BCUT2D eigenvalue weighted by molar-refractivity contribution is 0.591. The highest BCUT2D eigenvalue weighted by Gasteiger charge is 2.36. The fraction of sp³-hybridized carbons (Fsp3) is 0.364. The van der Waals surface area contributed by atoms with Crippen LogP contribution in [0.3, 0.4) is 0 Å². The van der Waals surface area contributed by atoms with Gasteiger partial charge >= 0.3 is 0 Å². The Bertz CT molecular complexity index is 592. The van der Waals surface area contributed by atoms with Crippen LogP contribution in [0.1, 0.15) is 18.9 Å². The first-order valence-electron chi connectivity index (χ1n) is 5.18. The van der Waals surface area contributed by atoms with Crippen molar-refractivity contribution in [2.75, 3.05) is 10.8 Å². The van der Waals surface area contributed by atoms with Gasteiger partial charge in [0, 0.05) is 6.54 Å². The Morgan fingerprint density at radius 3 is 2.76 bits per heavy atom. The fourth-order valence-electron chi connectivity index (χ4n) is 1.86. The summed E-state index contributed by atoms with van der Waals surface area (Å²) in [5, 5.41) is 8.42. The van der Waals surface area contributed by atoms with Gasteiger partial charge in [0.15, 0.2) is 0 Å². The fourth-order valence-corrected chi connectivity index (χ4v) is 3.48. The van der Waals surface area contributed by atoms with E-state index in [1.54, 1.807) is 6.92 Å². The van der Waals surface area contributed by atoms with Gasteiger partial charge in [-0.1, -0.05) is 0 Å². The maximum atomic E-state index is 13.2. The van der Waals surface area contributed by atoms with E-state index in [9.17, 15) is 12.8 Å². The summed E-state index contributed by atoms with van der Waals surface area (Å²) in [5.41, 5.74) is 0.306. The number of benzene rings is 1. The lowest BCUT2D eigenvalue weighted by Gasteiger charge is -2.19. The van der Waals surface area contributed by atoms with Crippen molar-refractivity contribution in [1.29, 1.82) is 5.26 Å². The van der Waals surface area contributed by atoms with E-state index in [1.165, 1.54) is 6.07 Å². The molecule has 6 heteroatoms. The summed E-state index contributed by atoms with van der Waals surface area (Å²) in [7, 11) is -3.45. The van der Waals surface area contributed by atoms with Gasteiger partial charge in [0.2, 0.25) is 10.0 Å². The summed E-state index contributed by atoms with van der Waals surface area (Å²) in [6.45, 7) is 1.91. The number of anilines is 1. The molecule has 0 amide bonds. The monoisotopic (exact) mass is 254 g/mol. The Balaban J connectivity index is 2.56. The lowest BCUT2D eigenvalue weighted by atomic mass is 10.2. The zero-order valence-electron chi connectivity index (χ0n) is 9.22. The first-order chi connectivity index (χ1) is 7.96. The minimum Gasteiger partial charge on any atom is -0.269 e. The van der Waals surface area contributed by atoms with E-state index < -0.39 is 21.1 Å². The van der Waals surface area contributed by atoms with Gasteiger partial charge in [-0.2, -0.15) is 5.26 Å². The van der Waals surface area contributed by atoms with E-state index in [-0.39, 0.29) is 11.3 Å². The Morgan fingerprint density at radius 2 is 2.24 bits per heavy atom. The molecule has 1 saturated heterocycles. The topological polar surface area (TPSA) is 61.2 Å². The quantitative estimate of drug-likeness (QED) is 0.765. The van der Waals surface area contributed by atoms with Crippen molar-refractivity contribution in [2.24, 2.45) is 0 Å². The number of nitriles is 1. The molecule has 1 heterocycles. The maximum Gasteiger partial charge on any atom is 0.237 e. The molecule has 0 N–H and O–H groups in total. The molecular formula is C11H11FN2O2S. The maximum absolute atomic E-state index is 13.2. The number of hydrogen-bond acceptors (Lipinski definition) is 3. The molecule has 1 aromatic rings. The van der Waals surface area contributed by atoms with Gasteiger partial charge in [-0.05, 0) is 31.5 Å². The Kier molecular flexibility index (Phi) is 2.79. The van der Waals surface area contributed by atoms with E-state index in [0.29, 0.717) is 13.0 Å². The molecule has 1 atom stereocenters. The molecule has 0 radical (unpaired) electrons. The molecule has 0 saturated carbocycles. The lowest BCUT2D eigenvalue weighted by Crippen LogP contribution is -2.28. The second-order valence-electron chi connectivity index (χ2n) is 3.99. The van der Waals surface area contributed by atoms with Crippen LogP contribution in [0.2, 0.25) is 0 Å². The third-order valence-electron chi connectivity index (χ3n) is 2.90. The molecule has 90 valence electrons. The summed E-state index contributed by atoms with van der Waals surface area (Å²) in [5.74, 6) is -0.547. The number of nitrogens with zero attached hydrogens (tertiary/aromatic N) is 2. The summed E-state index contributed by atoms with van der Waals surface area (Å²) in [6, 6.07) is 5.41. The van der Waals surface area contributed by atoms with Crippen LogP contribution in [0.25, 0.3) is 0 Å². The molecule has 1 unspecified atom stereocenters. The SMILES string of the molecule is CC1CCN(c2cc(F)ccc2C#N)S1(=O)=O. The Hall–Kier alpha value is -1.61. The van der Waals surface area contributed by atoms with Crippen LogP contribution in [0.15, 0.2) is 18.2 Å². The highest BCUT2D eigenvalue weighted by molar-refractivity contribution is 7.93. The van der Waals surface area contributed by atoms with E-state index in [4.69, 9.17) is 5.26 Å². The minimum absolute atomic E-state index is 0.136. The van der Waals surface area contributed by atoms with Crippen molar-refractivity contribution in [3.05, 3.63) is 29.6 Å². The summed E-state index contributed by atoms with van der Waals surface area (Å²) in [4.78, 5) is 0. The van der Waals surface area contributed by atoms with E-state index in [1.807, 2.05) is 6.07 Å². The van der Waals surface area contributed by atoms with E-state index in [2.05, 4.69) is 0 Å². The molecule has 17 heavy (non-hydrogen) atoms. The molecule has 1 fully saturated rings. The third kappa shape index (κ3) is 1.87. The second kappa shape index (κ2) is 4.00. The zero-order chi connectivity index (χ0) is 12.6. The second-order valence-corrected chi connectivity index (χ2v) is 6.27. The van der Waals surface area contributed by atoms with Crippen molar-refractivity contribution < 1.29 is 12.8 Å². The van der Waals surface area contributed by atoms with Gasteiger partial charge in [0.05, 0.1) is 16.5 Å². The smallest absolute Gasteiger partial charge is 0.237 e. The van der Waals surface area contributed by atoms with Crippen LogP contribution in [-0.4, -0.2) is 20.2 Å². The highest BCUT2D eigenvalue weighted by atomic mass is 32.2. The van der Waals surface area contributed by atoms with Gasteiger partial charge in [-0.3, -0.25) is 4.31 Å². The average molecular weight is 254 g/mol. The molecule has 1 aliphatic heterocycles. The molecule has 2 rings (SSSR count). The van der Waals surface area contributed by atoms with Crippen molar-refractivity contribution in [2.45, 2.75) is 18.6 Å². The first kappa shape index (κ1) is 11.9. The van der Waals surface area contributed by atoms with E-state index >= 15 is 0 Å². The Morgan fingerprint density at radius 1 is 1.53 bits per heavy atom. The summed E-state index contributed by atoms with van der Waals surface area (Å²) < 4.78 is 38.2. The molecule has 0 aliphatic carbocycles. The van der Waals surface area contributed by atoms with Crippen molar-refractivity contribution in [3.63, 3.8) is 0 Å². The van der Waals surface area contributed by atoms with Crippen LogP contribution in [0, 0.1) is 17.1 Å². The standard InChI is InChI=1S/C11H11FN2O2S/c1-8-4-5-14(17(8,15)16)11-6-10(12)3-2-9(11)7-13/h2-3,6,8H,4-5H2,1H3. The molecule has 1 aliphatic rings. The molecular weight excluding hydrogens is 243 g/mol. The molecule has 1 aromatic carbocycles. The van der Waals surface area contributed by atoms with Crippen molar-refractivity contribution in [1.82, 2.24) is 0 Å². The summed E-state index contributed by atoms with van der Waals surface area (Å²) in [6.07, 6.45) is 0.490. The van der Waals surface area contributed by atoms with Crippen LogP contribution in [-0.2, 0) is 10.0 Å². The zero-order valence-corrected chi connectivity index (χ0v) is 10.0. The van der Waals surface area contributed by atoms with Crippen molar-refractivity contribution in [3.8, 4) is 6.07 Å². The van der Waals surface area contributed by atoms with Gasteiger partial charge in [-0.25, -0.2) is 12.8 Å². The molecule has 0 spiro atoms. The number of sulfonamides is 1. The molecule has 4 nitrogen and oxygen atoms in total.